The Bertz CT molecular complexity index is 3580. The molecule has 2 aliphatic heterocycles. The van der Waals surface area contributed by atoms with Crippen LogP contribution in [0.5, 0.6) is 5.75 Å². The van der Waals surface area contributed by atoms with E-state index in [9.17, 15) is 45.6 Å². The minimum absolute atomic E-state index is 0.0135. The maximum Gasteiger partial charge on any atom is 0.314 e. The molecule has 0 unspecified atom stereocenters. The van der Waals surface area contributed by atoms with E-state index in [0.29, 0.717) is 36.5 Å². The Labute approximate surface area is 577 Å². The van der Waals surface area contributed by atoms with E-state index in [-0.39, 0.29) is 122 Å². The van der Waals surface area contributed by atoms with Crippen molar-refractivity contribution < 1.29 is 65.1 Å². The van der Waals surface area contributed by atoms with Crippen LogP contribution in [0.2, 0.25) is 0 Å². The molecular weight excluding hydrogens is 1270 g/mol. The number of carbonyl (C=O) groups excluding carboxylic acids is 3. The molecule has 18 nitrogen and oxygen atoms in total. The number of hydrogen-bond donors (Lipinski definition) is 13. The number of aromatic nitrogens is 1. The number of carbonyl (C=O) groups is 3. The van der Waals surface area contributed by atoms with E-state index in [1.54, 1.807) is 31.2 Å². The summed E-state index contributed by atoms with van der Waals surface area (Å²) < 4.78 is 6.45. The van der Waals surface area contributed by atoms with Crippen molar-refractivity contribution in [3.8, 4) is 17.6 Å². The van der Waals surface area contributed by atoms with Crippen LogP contribution in [-0.4, -0.2) is 147 Å². The SMILES string of the molecule is CC[C@H]1OC(=O)[C@@H](c2cc[nH]c2)[C@@H]1[C@@H]1C#CC[C@@H]2C[C@@]3(O)C4=C5N[C@@H](CO)C(=O)C[C@H](c6ccc(O)cc6)CSSC[C@@H]6[C@@H](O)[C@@H](O)C[C@](C)([C@H]4[C@H]4CC[C@@H](CNC(N)=NCc7ccccc7)[C@@]3(C4)[C@H]2[C@@](C)(O)[C@H](O)C[C@@H](C(O)O)[C@H]2[C@H]3[C@H]1CC[C@@H]2C=C1CC[C@H](C)C[C@H]13)[C@@H]6C5=O. The van der Waals surface area contributed by atoms with Gasteiger partial charge in [-0.25, -0.2) is 4.99 Å². The zero-order valence-electron chi connectivity index (χ0n) is 56.3. The number of esters is 1. The van der Waals surface area contributed by atoms with E-state index in [0.717, 1.165) is 48.8 Å². The van der Waals surface area contributed by atoms with Gasteiger partial charge in [0.1, 0.15) is 17.9 Å². The molecule has 1 spiro atoms. The molecule has 8 fully saturated rings. The molecule has 524 valence electrons. The van der Waals surface area contributed by atoms with Crippen molar-refractivity contribution in [1.82, 2.24) is 15.6 Å². The molecule has 0 amide bonds. The maximum absolute atomic E-state index is 16.7. The zero-order chi connectivity index (χ0) is 68.2. The molecule has 20 heteroatoms. The van der Waals surface area contributed by atoms with Crippen LogP contribution in [0.15, 0.2) is 101 Å². The number of benzene rings is 2. The molecule has 3 heterocycles. The fraction of sp³-hybridized carbons (Fsp3) is 0.662. The summed E-state index contributed by atoms with van der Waals surface area (Å²) in [6, 6.07) is 17.0. The summed E-state index contributed by atoms with van der Waals surface area (Å²) in [4.78, 5) is 54.5. The van der Waals surface area contributed by atoms with E-state index in [2.05, 4.69) is 40.5 Å². The van der Waals surface area contributed by atoms with Crippen LogP contribution in [0.25, 0.3) is 0 Å². The largest absolute Gasteiger partial charge is 0.508 e. The molecule has 6 saturated carbocycles. The number of nitrogens with one attached hydrogen (secondary N) is 3. The first-order valence-corrected chi connectivity index (χ1v) is 38.7. The number of ketones is 2. The lowest BCUT2D eigenvalue weighted by atomic mass is 9.37. The van der Waals surface area contributed by atoms with Crippen molar-refractivity contribution in [2.75, 3.05) is 24.7 Å². The number of phenols is 1. The van der Waals surface area contributed by atoms with Crippen molar-refractivity contribution in [3.05, 3.63) is 113 Å². The number of nitrogens with two attached hydrogens (primary N) is 1. The monoisotopic (exact) mass is 1370 g/mol. The Balaban J connectivity index is 0.977. The number of rotatable bonds is 10. The van der Waals surface area contributed by atoms with E-state index >= 15 is 14.7 Å². The average molecular weight is 1370 g/mol. The summed E-state index contributed by atoms with van der Waals surface area (Å²) in [7, 11) is 2.98. The Morgan fingerprint density at radius 1 is 0.876 bits per heavy atom. The second-order valence-electron chi connectivity index (χ2n) is 32.1. The molecule has 11 aliphatic rings. The summed E-state index contributed by atoms with van der Waals surface area (Å²) in [6.07, 6.45) is 5.50. The number of phenolic OH excluding ortho intramolecular Hbond substituents is 1. The van der Waals surface area contributed by atoms with Gasteiger partial charge in [-0.15, -0.1) is 5.92 Å². The van der Waals surface area contributed by atoms with Crippen LogP contribution in [0.4, 0.5) is 0 Å². The summed E-state index contributed by atoms with van der Waals surface area (Å²) in [5.74, 6) is -0.609. The number of Topliss-reactive ketones (excluding diaryl/α,β-unsaturated/α-hetero) is 2. The lowest BCUT2D eigenvalue weighted by molar-refractivity contribution is -0.234. The highest BCUT2D eigenvalue weighted by Crippen LogP contribution is 2.77. The fourth-order valence-corrected chi connectivity index (χ4v) is 26.1. The molecule has 14 rings (SSSR count). The summed E-state index contributed by atoms with van der Waals surface area (Å²) in [5, 5.41) is 122. The number of ether oxygens (including phenoxy) is 1. The number of aliphatic hydroxyl groups excluding tert-OH is 5. The van der Waals surface area contributed by atoms with E-state index in [1.807, 2.05) is 62.6 Å². The maximum atomic E-state index is 16.7. The van der Waals surface area contributed by atoms with Crippen molar-refractivity contribution in [3.63, 3.8) is 0 Å². The smallest absolute Gasteiger partial charge is 0.314 e. The van der Waals surface area contributed by atoms with E-state index in [4.69, 9.17) is 15.5 Å². The number of fused-ring (bicyclic) bond motifs is 8. The van der Waals surface area contributed by atoms with Gasteiger partial charge in [0.25, 0.3) is 0 Å². The lowest BCUT2D eigenvalue weighted by Gasteiger charge is -2.69. The fourth-order valence-electron chi connectivity index (χ4n) is 23.3. The summed E-state index contributed by atoms with van der Waals surface area (Å²) in [6.45, 7) is 7.71. The number of nitrogens with zero attached hydrogens (tertiary/aromatic N) is 1. The van der Waals surface area contributed by atoms with Gasteiger partial charge in [0.2, 0.25) is 0 Å². The number of aliphatic hydroxyl groups is 8. The zero-order valence-corrected chi connectivity index (χ0v) is 57.9. The third kappa shape index (κ3) is 11.7. The van der Waals surface area contributed by atoms with Crippen molar-refractivity contribution in [1.29, 1.82) is 0 Å². The molecule has 14 N–H and O–H groups in total. The Kier molecular flexibility index (Phi) is 19.2. The number of allylic oxidation sites excluding steroid dienone is 3. The predicted octanol–water partition coefficient (Wildman–Crippen LogP) is 7.64. The third-order valence-electron chi connectivity index (χ3n) is 27.2. The Morgan fingerprint density at radius 2 is 1.65 bits per heavy atom. The number of aliphatic imine (C=N–C) groups is 1. The first-order valence-electron chi connectivity index (χ1n) is 36.2. The number of guanidine groups is 1. The second-order valence-corrected chi connectivity index (χ2v) is 34.6. The quantitative estimate of drug-likeness (QED) is 0.0176. The normalized spacial score (nSPS) is 44.3. The van der Waals surface area contributed by atoms with Crippen LogP contribution in [0, 0.1) is 117 Å². The molecule has 27 atom stereocenters. The van der Waals surface area contributed by atoms with Crippen LogP contribution in [0.3, 0.4) is 0 Å². The van der Waals surface area contributed by atoms with Gasteiger partial charge in [-0.1, -0.05) is 102 Å². The molecular formula is C77H101N5O13S2. The number of cyclic esters (lactones) is 1. The van der Waals surface area contributed by atoms with Gasteiger partial charge in [-0.3, -0.25) is 14.4 Å². The number of aromatic amines is 1. The third-order valence-corrected chi connectivity index (χ3v) is 29.7. The van der Waals surface area contributed by atoms with Gasteiger partial charge in [-0.05, 0) is 189 Å². The lowest BCUT2D eigenvalue weighted by Crippen LogP contribution is -2.72. The number of aromatic hydroxyl groups is 1. The average Bonchev–Trinajstić information content (AvgIpc) is 1.60. The number of hydrogen-bond acceptors (Lipinski definition) is 17. The van der Waals surface area contributed by atoms with E-state index in [1.165, 1.54) is 27.2 Å². The highest BCUT2D eigenvalue weighted by molar-refractivity contribution is 8.76. The van der Waals surface area contributed by atoms with Crippen LogP contribution < -0.4 is 16.4 Å². The molecule has 9 aliphatic carbocycles. The van der Waals surface area contributed by atoms with Crippen molar-refractivity contribution in [2.45, 2.75) is 184 Å². The van der Waals surface area contributed by atoms with E-state index < -0.39 is 136 Å². The minimum atomic E-state index is -2.12. The Hall–Kier alpha value is -5.18. The molecule has 0 radical (unpaired) electrons. The van der Waals surface area contributed by atoms with Gasteiger partial charge in [0.05, 0.1) is 54.3 Å². The standard InChI is InChI=1S/C77H101N5O13S2/c1-5-58-63(61(72(92)95-58)46-24-25-79-34-46)50-13-9-12-45-31-77(94)66-64(74(3)32-57(86)68(88)54-38-97-96-37-47(41-17-21-49(84)22-18-41)28-56(85)55(36-83)82-67(66)69(89)65(54)74)44-16-20-48(35-81-73(78)80-33-40-10-7-6-8-11-40)76(77,30-44)70(45)75(4,93)59(87)29-53(71(90)91)60-43-19-23-51(50)62(60)52-26-39(2)14-15-42(52)27-43/h6-8,10-11,17-18,21-22,24-25,27,34,39,43-45,47-48,50-55,57-65,68,70-71,79,82-84,86-88,90-91,93-94H,5,12,14-16,19-20,23,26,28-33,35-38H2,1-4H3,(H3,78,80,81)/t39-,43+,44-,45+,47-,48-,50+,51-,52+,53+,54-,55-,57-,58+,59+,60-,61-,62-,63+,64-,65-,68+,70+,74+,75-,76-,77+/m0/s1. The second kappa shape index (κ2) is 27.0. The molecule has 1 aromatic heterocycles. The Morgan fingerprint density at radius 3 is 2.38 bits per heavy atom. The summed E-state index contributed by atoms with van der Waals surface area (Å²) in [5.41, 5.74) is 4.37. The molecule has 2 aromatic carbocycles. The highest BCUT2D eigenvalue weighted by atomic mass is 33.1. The van der Waals surface area contributed by atoms with Crippen LogP contribution in [-0.2, 0) is 25.7 Å². The van der Waals surface area contributed by atoms with Crippen molar-refractivity contribution >= 4 is 45.1 Å². The molecule has 2 saturated heterocycles. The van der Waals surface area contributed by atoms with Gasteiger partial charge >= 0.3 is 5.97 Å². The van der Waals surface area contributed by atoms with Gasteiger partial charge in [0, 0.05) is 90.1 Å². The van der Waals surface area contributed by atoms with Crippen LogP contribution >= 0.6 is 21.6 Å². The molecule has 3 aromatic rings. The highest BCUT2D eigenvalue weighted by Gasteiger charge is 2.79. The van der Waals surface area contributed by atoms with Gasteiger partial charge < -0.3 is 72.0 Å². The van der Waals surface area contributed by atoms with Crippen molar-refractivity contribution in [2.24, 2.45) is 116 Å². The van der Waals surface area contributed by atoms with Gasteiger partial charge in [-0.2, -0.15) is 0 Å². The molecule has 97 heavy (non-hydrogen) atoms. The first kappa shape index (κ1) is 68.9. The predicted molar refractivity (Wildman–Crippen MR) is 370 cm³/mol. The number of H-pyrrole nitrogens is 1. The summed E-state index contributed by atoms with van der Waals surface area (Å²) >= 11 is 0. The topological polar surface area (TPSA) is 321 Å². The minimum Gasteiger partial charge on any atom is -0.508 e. The van der Waals surface area contributed by atoms with Crippen LogP contribution in [0.1, 0.15) is 146 Å². The molecule has 8 bridgehead atoms. The van der Waals surface area contributed by atoms with Gasteiger partial charge in [0.15, 0.2) is 23.8 Å². The first-order chi connectivity index (χ1) is 46.5.